The van der Waals surface area contributed by atoms with E-state index in [1.807, 2.05) is 0 Å². The summed E-state index contributed by atoms with van der Waals surface area (Å²) in [4.78, 5) is 9.20. The van der Waals surface area contributed by atoms with Crippen LogP contribution in [0.2, 0.25) is 6.04 Å². The third kappa shape index (κ3) is 4.69. The molecule has 1 heterocycles. The Morgan fingerprint density at radius 2 is 1.32 bits per heavy atom. The van der Waals surface area contributed by atoms with E-state index in [1.165, 1.54) is 0 Å². The molecule has 22 heavy (non-hydrogen) atoms. The van der Waals surface area contributed by atoms with Gasteiger partial charge < -0.3 is 28.5 Å². The van der Waals surface area contributed by atoms with Gasteiger partial charge in [-0.1, -0.05) is 6.92 Å². The van der Waals surface area contributed by atoms with Crippen molar-refractivity contribution >= 4 is 8.56 Å². The first-order valence-corrected chi connectivity index (χ1v) is 10.1. The van der Waals surface area contributed by atoms with Crippen molar-refractivity contribution in [2.75, 3.05) is 68.6 Å². The van der Waals surface area contributed by atoms with Crippen LogP contribution in [-0.2, 0) is 8.85 Å². The van der Waals surface area contributed by atoms with Crippen molar-refractivity contribution in [1.82, 2.24) is 19.6 Å². The molecule has 7 heteroatoms. The van der Waals surface area contributed by atoms with Crippen molar-refractivity contribution < 1.29 is 8.85 Å². The summed E-state index contributed by atoms with van der Waals surface area (Å²) in [5.74, 6) is 0.201. The Balaban J connectivity index is 2.91. The zero-order valence-electron chi connectivity index (χ0n) is 15.4. The molecule has 0 aliphatic carbocycles. The second kappa shape index (κ2) is 8.88. The van der Waals surface area contributed by atoms with Gasteiger partial charge in [0.25, 0.3) is 0 Å². The van der Waals surface area contributed by atoms with Gasteiger partial charge in [-0.25, -0.2) is 0 Å². The first kappa shape index (κ1) is 19.4. The lowest BCUT2D eigenvalue weighted by Gasteiger charge is -2.43. The van der Waals surface area contributed by atoms with Gasteiger partial charge in [0.2, 0.25) is 0 Å². The van der Waals surface area contributed by atoms with Crippen LogP contribution >= 0.6 is 0 Å². The highest BCUT2D eigenvalue weighted by molar-refractivity contribution is 6.68. The van der Waals surface area contributed by atoms with Gasteiger partial charge in [0.05, 0.1) is 0 Å². The molecule has 0 N–H and O–H groups in total. The van der Waals surface area contributed by atoms with Crippen LogP contribution < -0.4 is 0 Å². The van der Waals surface area contributed by atoms with Crippen molar-refractivity contribution in [3.63, 3.8) is 0 Å². The quantitative estimate of drug-likeness (QED) is 0.551. The van der Waals surface area contributed by atoms with E-state index >= 15 is 0 Å². The normalized spacial score (nSPS) is 16.6. The van der Waals surface area contributed by atoms with Crippen LogP contribution in [0.4, 0.5) is 0 Å². The molecule has 0 aromatic heterocycles. The van der Waals surface area contributed by atoms with Gasteiger partial charge in [-0.3, -0.25) is 0 Å². The van der Waals surface area contributed by atoms with E-state index in [2.05, 4.69) is 67.1 Å². The fourth-order valence-electron chi connectivity index (χ4n) is 2.82. The molecule has 0 unspecified atom stereocenters. The Kier molecular flexibility index (Phi) is 7.85. The molecule has 0 amide bonds. The third-order valence-corrected chi connectivity index (χ3v) is 8.08. The van der Waals surface area contributed by atoms with E-state index in [-0.39, 0.29) is 5.79 Å². The van der Waals surface area contributed by atoms with Crippen molar-refractivity contribution in [3.05, 3.63) is 12.4 Å². The zero-order valence-corrected chi connectivity index (χ0v) is 16.4. The Morgan fingerprint density at radius 3 is 1.59 bits per heavy atom. The third-order valence-electron chi connectivity index (χ3n) is 4.27. The highest BCUT2D eigenvalue weighted by Crippen LogP contribution is 2.28. The molecule has 0 saturated carbocycles. The number of rotatable bonds is 10. The molecule has 0 bridgehead atoms. The van der Waals surface area contributed by atoms with Crippen LogP contribution in [0.25, 0.3) is 0 Å². The molecule has 0 saturated heterocycles. The maximum atomic E-state index is 5.96. The van der Waals surface area contributed by atoms with Gasteiger partial charge in [-0.05, 0) is 34.2 Å². The van der Waals surface area contributed by atoms with Crippen molar-refractivity contribution in [1.29, 1.82) is 0 Å². The van der Waals surface area contributed by atoms with Crippen LogP contribution in [0.3, 0.4) is 0 Å². The second-order valence-electron chi connectivity index (χ2n) is 6.33. The first-order valence-electron chi connectivity index (χ1n) is 7.99. The van der Waals surface area contributed by atoms with E-state index in [4.69, 9.17) is 8.85 Å². The maximum absolute atomic E-state index is 5.96. The molecule has 1 aliphatic heterocycles. The molecule has 6 nitrogen and oxygen atoms in total. The molecular formula is C15H34N4O2Si. The highest BCUT2D eigenvalue weighted by atomic mass is 28.4. The Hall–Kier alpha value is -0.603. The predicted molar refractivity (Wildman–Crippen MR) is 93.7 cm³/mol. The maximum Gasteiger partial charge on any atom is 0.381 e. The molecule has 0 atom stereocenters. The smallest absolute Gasteiger partial charge is 0.381 e. The SMILES string of the molecule is CC[Si](OC)(OC)C1N(CCN(C)C)C=CN1CCN(C)C. The van der Waals surface area contributed by atoms with Crippen molar-refractivity contribution in [2.24, 2.45) is 0 Å². The lowest BCUT2D eigenvalue weighted by molar-refractivity contribution is 0.120. The summed E-state index contributed by atoms with van der Waals surface area (Å²) in [6.07, 6.45) is 4.39. The molecule has 1 aliphatic rings. The largest absolute Gasteiger partial charge is 0.395 e. The Bertz CT molecular complexity index is 318. The number of likely N-dealkylation sites (N-methyl/N-ethyl adjacent to an activating group) is 2. The summed E-state index contributed by atoms with van der Waals surface area (Å²) >= 11 is 0. The van der Waals surface area contributed by atoms with Gasteiger partial charge in [-0.15, -0.1) is 0 Å². The summed E-state index contributed by atoms with van der Waals surface area (Å²) in [5.41, 5.74) is 0. The second-order valence-corrected chi connectivity index (χ2v) is 9.99. The van der Waals surface area contributed by atoms with E-state index in [1.54, 1.807) is 14.2 Å². The van der Waals surface area contributed by atoms with Crippen LogP contribution in [0.1, 0.15) is 6.92 Å². The van der Waals surface area contributed by atoms with Gasteiger partial charge in [0.1, 0.15) is 5.79 Å². The van der Waals surface area contributed by atoms with E-state index in [9.17, 15) is 0 Å². The van der Waals surface area contributed by atoms with Crippen LogP contribution in [-0.4, -0.2) is 103 Å². The minimum Gasteiger partial charge on any atom is -0.395 e. The lowest BCUT2D eigenvalue weighted by Crippen LogP contribution is -2.63. The minimum absolute atomic E-state index is 0.201. The summed E-state index contributed by atoms with van der Waals surface area (Å²) in [5, 5.41) is 0. The average molecular weight is 331 g/mol. The van der Waals surface area contributed by atoms with Crippen LogP contribution in [0.15, 0.2) is 12.4 Å². The fraction of sp³-hybridized carbons (Fsp3) is 0.867. The minimum atomic E-state index is -2.30. The topological polar surface area (TPSA) is 31.4 Å². The molecule has 0 radical (unpaired) electrons. The van der Waals surface area contributed by atoms with E-state index in [0.29, 0.717) is 0 Å². The predicted octanol–water partition coefficient (Wildman–Crippen LogP) is 0.819. The van der Waals surface area contributed by atoms with Gasteiger partial charge in [0.15, 0.2) is 0 Å². The standard InChI is InChI=1S/C15H34N4O2Si/c1-8-22(20-6,21-7)15-18(11-9-16(2)3)13-14-19(15)12-10-17(4)5/h13-15H,8-12H2,1-7H3. The zero-order chi connectivity index (χ0) is 16.8. The molecule has 0 spiro atoms. The van der Waals surface area contributed by atoms with Crippen molar-refractivity contribution in [2.45, 2.75) is 18.8 Å². The van der Waals surface area contributed by atoms with Crippen LogP contribution in [0.5, 0.6) is 0 Å². The summed E-state index contributed by atoms with van der Waals surface area (Å²) < 4.78 is 11.9. The van der Waals surface area contributed by atoms with Crippen LogP contribution in [0, 0.1) is 0 Å². The summed E-state index contributed by atoms with van der Waals surface area (Å²) in [6.45, 7) is 6.17. The number of hydrogen-bond donors (Lipinski definition) is 0. The van der Waals surface area contributed by atoms with Crippen molar-refractivity contribution in [3.8, 4) is 0 Å². The number of nitrogens with zero attached hydrogens (tertiary/aromatic N) is 4. The molecule has 0 aromatic rings. The fourth-order valence-corrected chi connectivity index (χ4v) is 5.79. The molecule has 0 aromatic carbocycles. The molecule has 1 rings (SSSR count). The van der Waals surface area contributed by atoms with Gasteiger partial charge in [-0.2, -0.15) is 0 Å². The molecule has 0 fully saturated rings. The summed E-state index contributed by atoms with van der Waals surface area (Å²) in [7, 11) is 9.72. The lowest BCUT2D eigenvalue weighted by atomic mass is 10.5. The van der Waals surface area contributed by atoms with Gasteiger partial charge >= 0.3 is 8.56 Å². The first-order chi connectivity index (χ1) is 10.4. The average Bonchev–Trinajstić information content (AvgIpc) is 2.89. The Morgan fingerprint density at radius 1 is 0.909 bits per heavy atom. The van der Waals surface area contributed by atoms with Gasteiger partial charge in [0, 0.05) is 52.8 Å². The highest BCUT2D eigenvalue weighted by Gasteiger charge is 2.50. The Labute approximate surface area is 137 Å². The molecular weight excluding hydrogens is 296 g/mol. The summed E-state index contributed by atoms with van der Waals surface area (Å²) in [6, 6.07) is 0.934. The monoisotopic (exact) mass is 330 g/mol. The van der Waals surface area contributed by atoms with E-state index < -0.39 is 8.56 Å². The number of hydrogen-bond acceptors (Lipinski definition) is 6. The van der Waals surface area contributed by atoms with E-state index in [0.717, 1.165) is 32.2 Å². The molecule has 130 valence electrons.